The standard InChI is InChI=1S/C16H17N3/c1-12-6-8-13(9-7-12)16-18-14(11-17-2)15-5-3-4-10-19(15)16/h3-10,17H,11H2,1-2H3. The van der Waals surface area contributed by atoms with E-state index >= 15 is 0 Å². The Hall–Kier alpha value is -2.13. The average molecular weight is 251 g/mol. The van der Waals surface area contributed by atoms with E-state index in [9.17, 15) is 0 Å². The fraction of sp³-hybridized carbons (Fsp3) is 0.188. The van der Waals surface area contributed by atoms with E-state index in [1.54, 1.807) is 0 Å². The van der Waals surface area contributed by atoms with Gasteiger partial charge in [-0.1, -0.05) is 35.9 Å². The zero-order chi connectivity index (χ0) is 13.2. The molecule has 0 aliphatic rings. The fourth-order valence-corrected chi connectivity index (χ4v) is 2.31. The maximum Gasteiger partial charge on any atom is 0.144 e. The smallest absolute Gasteiger partial charge is 0.144 e. The fourth-order valence-electron chi connectivity index (χ4n) is 2.31. The molecule has 0 saturated carbocycles. The average Bonchev–Trinajstić information content (AvgIpc) is 2.80. The zero-order valence-corrected chi connectivity index (χ0v) is 11.2. The molecule has 19 heavy (non-hydrogen) atoms. The van der Waals surface area contributed by atoms with Gasteiger partial charge in [-0.25, -0.2) is 4.98 Å². The Bertz CT molecular complexity index is 696. The summed E-state index contributed by atoms with van der Waals surface area (Å²) in [7, 11) is 1.94. The van der Waals surface area contributed by atoms with Crippen LogP contribution in [0.3, 0.4) is 0 Å². The molecule has 0 atom stereocenters. The molecule has 1 N–H and O–H groups in total. The maximum atomic E-state index is 4.78. The second-order valence-electron chi connectivity index (χ2n) is 4.73. The van der Waals surface area contributed by atoms with E-state index in [0.29, 0.717) is 0 Å². The van der Waals surface area contributed by atoms with Crippen LogP contribution in [-0.4, -0.2) is 16.4 Å². The van der Waals surface area contributed by atoms with E-state index in [0.717, 1.165) is 29.1 Å². The van der Waals surface area contributed by atoms with Gasteiger partial charge in [0.1, 0.15) is 5.82 Å². The van der Waals surface area contributed by atoms with Crippen molar-refractivity contribution in [2.75, 3.05) is 7.05 Å². The van der Waals surface area contributed by atoms with E-state index in [1.165, 1.54) is 5.56 Å². The molecule has 0 spiro atoms. The highest BCUT2D eigenvalue weighted by atomic mass is 15.0. The number of nitrogens with zero attached hydrogens (tertiary/aromatic N) is 2. The minimum Gasteiger partial charge on any atom is -0.314 e. The third kappa shape index (κ3) is 2.13. The summed E-state index contributed by atoms with van der Waals surface area (Å²) in [4.78, 5) is 4.78. The molecule has 2 heterocycles. The van der Waals surface area contributed by atoms with Crippen molar-refractivity contribution >= 4 is 5.52 Å². The minimum atomic E-state index is 0.777. The van der Waals surface area contributed by atoms with Gasteiger partial charge >= 0.3 is 0 Å². The summed E-state index contributed by atoms with van der Waals surface area (Å²) in [5.74, 6) is 1.00. The molecular weight excluding hydrogens is 234 g/mol. The topological polar surface area (TPSA) is 29.3 Å². The molecule has 2 aromatic heterocycles. The van der Waals surface area contributed by atoms with Gasteiger partial charge in [0.15, 0.2) is 0 Å². The highest BCUT2D eigenvalue weighted by molar-refractivity contribution is 5.65. The number of imidazole rings is 1. The number of hydrogen-bond donors (Lipinski definition) is 1. The van der Waals surface area contributed by atoms with Gasteiger partial charge in [-0.2, -0.15) is 0 Å². The van der Waals surface area contributed by atoms with Gasteiger partial charge in [0, 0.05) is 18.3 Å². The van der Waals surface area contributed by atoms with Crippen molar-refractivity contribution in [3.63, 3.8) is 0 Å². The molecule has 0 bridgehead atoms. The van der Waals surface area contributed by atoms with Gasteiger partial charge in [0.25, 0.3) is 0 Å². The molecule has 1 aromatic carbocycles. The van der Waals surface area contributed by atoms with Crippen molar-refractivity contribution in [3.8, 4) is 11.4 Å². The lowest BCUT2D eigenvalue weighted by Crippen LogP contribution is -2.05. The first-order chi connectivity index (χ1) is 9.29. The molecule has 0 aliphatic heterocycles. The van der Waals surface area contributed by atoms with Crippen LogP contribution >= 0.6 is 0 Å². The summed E-state index contributed by atoms with van der Waals surface area (Å²) in [6.07, 6.45) is 2.07. The predicted molar refractivity (Wildman–Crippen MR) is 78.1 cm³/mol. The number of pyridine rings is 1. The Labute approximate surface area is 112 Å². The molecule has 0 fully saturated rings. The van der Waals surface area contributed by atoms with Crippen molar-refractivity contribution in [3.05, 3.63) is 59.9 Å². The molecule has 0 aliphatic carbocycles. The second kappa shape index (κ2) is 4.86. The molecule has 3 nitrogen and oxygen atoms in total. The van der Waals surface area contributed by atoms with Gasteiger partial charge in [-0.3, -0.25) is 4.40 Å². The molecule has 3 rings (SSSR count). The monoisotopic (exact) mass is 251 g/mol. The number of benzene rings is 1. The largest absolute Gasteiger partial charge is 0.314 e. The summed E-state index contributed by atoms with van der Waals surface area (Å²) in [6.45, 7) is 2.87. The summed E-state index contributed by atoms with van der Waals surface area (Å²) in [6, 6.07) is 14.7. The maximum absolute atomic E-state index is 4.78. The Kier molecular flexibility index (Phi) is 3.05. The summed E-state index contributed by atoms with van der Waals surface area (Å²) in [5, 5.41) is 3.17. The van der Waals surface area contributed by atoms with Crippen LogP contribution in [0.25, 0.3) is 16.9 Å². The van der Waals surface area contributed by atoms with Crippen molar-refractivity contribution in [1.82, 2.24) is 14.7 Å². The van der Waals surface area contributed by atoms with Crippen LogP contribution < -0.4 is 5.32 Å². The molecule has 96 valence electrons. The lowest BCUT2D eigenvalue weighted by molar-refractivity contribution is 0.803. The van der Waals surface area contributed by atoms with Crippen molar-refractivity contribution in [2.45, 2.75) is 13.5 Å². The summed E-state index contributed by atoms with van der Waals surface area (Å²) >= 11 is 0. The van der Waals surface area contributed by atoms with Crippen LogP contribution in [0.15, 0.2) is 48.7 Å². The van der Waals surface area contributed by atoms with Gasteiger partial charge in [0.05, 0.1) is 11.2 Å². The number of fused-ring (bicyclic) bond motifs is 1. The van der Waals surface area contributed by atoms with Crippen LogP contribution in [0.1, 0.15) is 11.3 Å². The van der Waals surface area contributed by atoms with Gasteiger partial charge in [-0.15, -0.1) is 0 Å². The van der Waals surface area contributed by atoms with Crippen LogP contribution in [-0.2, 0) is 6.54 Å². The van der Waals surface area contributed by atoms with E-state index in [2.05, 4.69) is 59.2 Å². The minimum absolute atomic E-state index is 0.777. The number of rotatable bonds is 3. The molecule has 3 heteroatoms. The Balaban J connectivity index is 2.20. The van der Waals surface area contributed by atoms with Gasteiger partial charge in [-0.05, 0) is 26.1 Å². The quantitative estimate of drug-likeness (QED) is 0.775. The van der Waals surface area contributed by atoms with Gasteiger partial charge < -0.3 is 5.32 Å². The Morgan fingerprint density at radius 3 is 2.63 bits per heavy atom. The molecule has 0 radical (unpaired) electrons. The van der Waals surface area contributed by atoms with Crippen LogP contribution in [0.4, 0.5) is 0 Å². The number of hydrogen-bond acceptors (Lipinski definition) is 2. The molecule has 0 unspecified atom stereocenters. The lowest BCUT2D eigenvalue weighted by Gasteiger charge is -2.01. The Morgan fingerprint density at radius 2 is 1.89 bits per heavy atom. The van der Waals surface area contributed by atoms with Crippen molar-refractivity contribution in [2.24, 2.45) is 0 Å². The lowest BCUT2D eigenvalue weighted by atomic mass is 10.1. The van der Waals surface area contributed by atoms with Gasteiger partial charge in [0.2, 0.25) is 0 Å². The van der Waals surface area contributed by atoms with Crippen molar-refractivity contribution < 1.29 is 0 Å². The second-order valence-corrected chi connectivity index (χ2v) is 4.73. The molecule has 3 aromatic rings. The highest BCUT2D eigenvalue weighted by Gasteiger charge is 2.11. The third-order valence-corrected chi connectivity index (χ3v) is 3.28. The SMILES string of the molecule is CNCc1nc(-c2ccc(C)cc2)n2ccccc12. The van der Waals surface area contributed by atoms with E-state index in [1.807, 2.05) is 13.1 Å². The molecule has 0 saturated heterocycles. The first kappa shape index (κ1) is 11.9. The number of aryl methyl sites for hydroxylation is 1. The van der Waals surface area contributed by atoms with Crippen LogP contribution in [0, 0.1) is 6.92 Å². The first-order valence-electron chi connectivity index (χ1n) is 6.47. The third-order valence-electron chi connectivity index (χ3n) is 3.28. The van der Waals surface area contributed by atoms with Crippen LogP contribution in [0.5, 0.6) is 0 Å². The van der Waals surface area contributed by atoms with E-state index in [4.69, 9.17) is 4.98 Å². The summed E-state index contributed by atoms with van der Waals surface area (Å²) < 4.78 is 2.15. The summed E-state index contributed by atoms with van der Waals surface area (Å²) in [5.41, 5.74) is 4.65. The number of aromatic nitrogens is 2. The number of nitrogens with one attached hydrogen (secondary N) is 1. The van der Waals surface area contributed by atoms with E-state index < -0.39 is 0 Å². The predicted octanol–water partition coefficient (Wildman–Crippen LogP) is 3.03. The molecular formula is C16H17N3. The first-order valence-corrected chi connectivity index (χ1v) is 6.47. The Morgan fingerprint density at radius 1 is 1.11 bits per heavy atom. The normalized spacial score (nSPS) is 11.1. The molecule has 0 amide bonds. The van der Waals surface area contributed by atoms with Crippen LogP contribution in [0.2, 0.25) is 0 Å². The van der Waals surface area contributed by atoms with E-state index in [-0.39, 0.29) is 0 Å². The van der Waals surface area contributed by atoms with Crippen molar-refractivity contribution in [1.29, 1.82) is 0 Å². The highest BCUT2D eigenvalue weighted by Crippen LogP contribution is 2.23. The zero-order valence-electron chi connectivity index (χ0n) is 11.2.